The Hall–Kier alpha value is -4.11. The third-order valence-electron chi connectivity index (χ3n) is 6.36. The first-order valence-corrected chi connectivity index (χ1v) is 12.7. The van der Waals surface area contributed by atoms with Crippen LogP contribution < -0.4 is 14.9 Å². The molecule has 0 saturated heterocycles. The van der Waals surface area contributed by atoms with Gasteiger partial charge in [-0.2, -0.15) is 0 Å². The topological polar surface area (TPSA) is 78.5 Å². The summed E-state index contributed by atoms with van der Waals surface area (Å²) in [4.78, 5) is 36.0. The quantitative estimate of drug-likeness (QED) is 0.379. The molecule has 4 heterocycles. The third-order valence-corrected chi connectivity index (χ3v) is 7.35. The molecule has 1 aliphatic heterocycles. The minimum atomic E-state index is -0.777. The zero-order chi connectivity index (χ0) is 26.3. The first-order chi connectivity index (χ1) is 17.8. The van der Waals surface area contributed by atoms with Gasteiger partial charge in [-0.1, -0.05) is 23.5 Å². The molecule has 0 N–H and O–H groups in total. The Bertz CT molecular complexity index is 1710. The zero-order valence-electron chi connectivity index (χ0n) is 20.9. The second kappa shape index (κ2) is 9.74. The Balaban J connectivity index is 1.70. The largest absolute Gasteiger partial charge is 0.463 e. The minimum absolute atomic E-state index is 0.183. The van der Waals surface area contributed by atoms with Gasteiger partial charge in [-0.25, -0.2) is 14.2 Å². The van der Waals surface area contributed by atoms with Gasteiger partial charge in [0.2, 0.25) is 0 Å². The molecule has 4 aromatic rings. The van der Waals surface area contributed by atoms with E-state index in [-0.39, 0.29) is 17.7 Å². The molecule has 9 heteroatoms. The Morgan fingerprint density at radius 1 is 1.19 bits per heavy atom. The molecule has 1 atom stereocenters. The van der Waals surface area contributed by atoms with Gasteiger partial charge >= 0.3 is 5.97 Å². The van der Waals surface area contributed by atoms with Gasteiger partial charge in [-0.3, -0.25) is 14.3 Å². The standard InChI is InChI=1S/C28H25FN4O3S/c1-5-36-27(35)24-17(3)31-28-33(25(24)19-8-10-21(29)11-9-19)26(34)23(37-28)14-20-13-16(2)32(18(20)4)22-7-6-12-30-15-22/h6-15,25H,5H2,1-4H3/b23-14+/t25-/m1/s1. The number of nitrogens with zero attached hydrogens (tertiary/aromatic N) is 4. The molecule has 188 valence electrons. The van der Waals surface area contributed by atoms with Gasteiger partial charge in [-0.15, -0.1) is 0 Å². The Labute approximate surface area is 216 Å². The van der Waals surface area contributed by atoms with E-state index in [1.165, 1.54) is 28.0 Å². The predicted molar refractivity (Wildman–Crippen MR) is 140 cm³/mol. The highest BCUT2D eigenvalue weighted by atomic mass is 32.1. The van der Waals surface area contributed by atoms with Gasteiger partial charge in [0.1, 0.15) is 5.82 Å². The maximum Gasteiger partial charge on any atom is 0.338 e. The highest BCUT2D eigenvalue weighted by molar-refractivity contribution is 7.07. The van der Waals surface area contributed by atoms with Crippen LogP contribution in [0.1, 0.15) is 42.4 Å². The molecule has 0 amide bonds. The lowest BCUT2D eigenvalue weighted by atomic mass is 9.96. The van der Waals surface area contributed by atoms with Crippen molar-refractivity contribution in [1.82, 2.24) is 14.1 Å². The number of benzene rings is 1. The van der Waals surface area contributed by atoms with Crippen molar-refractivity contribution in [2.75, 3.05) is 6.61 Å². The van der Waals surface area contributed by atoms with Gasteiger partial charge in [-0.05, 0) is 75.2 Å². The van der Waals surface area contributed by atoms with Crippen LogP contribution in [-0.2, 0) is 9.53 Å². The van der Waals surface area contributed by atoms with E-state index in [0.29, 0.717) is 20.6 Å². The molecular weight excluding hydrogens is 491 g/mol. The summed E-state index contributed by atoms with van der Waals surface area (Å²) in [5.74, 6) is -0.953. The fraction of sp³-hybridized carbons (Fsp3) is 0.214. The molecule has 37 heavy (non-hydrogen) atoms. The third kappa shape index (κ3) is 4.35. The van der Waals surface area contributed by atoms with Crippen LogP contribution in [0.15, 0.2) is 75.9 Å². The van der Waals surface area contributed by atoms with Crippen LogP contribution in [0.5, 0.6) is 0 Å². The van der Waals surface area contributed by atoms with Crippen molar-refractivity contribution in [3.63, 3.8) is 0 Å². The molecule has 3 aromatic heterocycles. The first kappa shape index (κ1) is 24.6. The number of esters is 1. The number of fused-ring (bicyclic) bond motifs is 1. The minimum Gasteiger partial charge on any atom is -0.463 e. The number of halogens is 1. The number of thiazole rings is 1. The molecule has 0 saturated carbocycles. The van der Waals surface area contributed by atoms with Gasteiger partial charge in [0.05, 0.1) is 40.3 Å². The molecule has 0 fully saturated rings. The molecule has 7 nitrogen and oxygen atoms in total. The Morgan fingerprint density at radius 2 is 1.95 bits per heavy atom. The maximum absolute atomic E-state index is 13.8. The lowest BCUT2D eigenvalue weighted by Crippen LogP contribution is -2.39. The van der Waals surface area contributed by atoms with E-state index in [0.717, 1.165) is 22.6 Å². The normalized spacial score (nSPS) is 15.5. The van der Waals surface area contributed by atoms with E-state index >= 15 is 0 Å². The van der Waals surface area contributed by atoms with Gasteiger partial charge < -0.3 is 9.30 Å². The molecule has 1 aromatic carbocycles. The molecule has 0 aliphatic carbocycles. The smallest absolute Gasteiger partial charge is 0.338 e. The number of pyridine rings is 1. The number of hydrogen-bond donors (Lipinski definition) is 0. The summed E-state index contributed by atoms with van der Waals surface area (Å²) in [6, 6.07) is 10.9. The van der Waals surface area contributed by atoms with Crippen molar-refractivity contribution in [1.29, 1.82) is 0 Å². The van der Waals surface area contributed by atoms with Crippen LogP contribution in [0.25, 0.3) is 11.8 Å². The van der Waals surface area contributed by atoms with Crippen molar-refractivity contribution < 1.29 is 13.9 Å². The van der Waals surface area contributed by atoms with Crippen LogP contribution in [0.2, 0.25) is 0 Å². The average Bonchev–Trinajstić information content (AvgIpc) is 3.33. The number of aromatic nitrogens is 3. The SMILES string of the molecule is CCOC(=O)C1=C(C)N=c2s/c(=C/c3cc(C)n(-c4cccnc4)c3C)c(=O)n2[C@@H]1c1ccc(F)cc1. The first-order valence-electron chi connectivity index (χ1n) is 11.8. The summed E-state index contributed by atoms with van der Waals surface area (Å²) >= 11 is 1.26. The number of allylic oxidation sites excluding steroid dienone is 1. The van der Waals surface area contributed by atoms with E-state index in [1.54, 1.807) is 38.4 Å². The molecular formula is C28H25FN4O3S. The molecule has 5 rings (SSSR count). The monoisotopic (exact) mass is 516 g/mol. The summed E-state index contributed by atoms with van der Waals surface area (Å²) in [7, 11) is 0. The van der Waals surface area contributed by atoms with E-state index in [2.05, 4.69) is 14.5 Å². The summed E-state index contributed by atoms with van der Waals surface area (Å²) in [5, 5.41) is 0. The van der Waals surface area contributed by atoms with Crippen molar-refractivity contribution in [3.8, 4) is 5.69 Å². The number of carbonyl (C=O) groups is 1. The molecule has 0 bridgehead atoms. The predicted octanol–water partition coefficient (Wildman–Crippen LogP) is 3.74. The van der Waals surface area contributed by atoms with Gasteiger partial charge in [0, 0.05) is 17.6 Å². The number of hydrogen-bond acceptors (Lipinski definition) is 6. The number of carbonyl (C=O) groups excluding carboxylic acids is 1. The van der Waals surface area contributed by atoms with Crippen LogP contribution in [0.4, 0.5) is 4.39 Å². The fourth-order valence-corrected chi connectivity index (χ4v) is 5.75. The molecule has 1 aliphatic rings. The second-order valence-electron chi connectivity index (χ2n) is 8.73. The molecule has 0 unspecified atom stereocenters. The van der Waals surface area contributed by atoms with E-state index in [1.807, 2.05) is 38.1 Å². The van der Waals surface area contributed by atoms with Gasteiger partial charge in [0.15, 0.2) is 4.80 Å². The van der Waals surface area contributed by atoms with Crippen molar-refractivity contribution >= 4 is 23.4 Å². The highest BCUT2D eigenvalue weighted by Gasteiger charge is 2.33. The molecule has 0 spiro atoms. The fourth-order valence-electron chi connectivity index (χ4n) is 4.71. The average molecular weight is 517 g/mol. The summed E-state index contributed by atoms with van der Waals surface area (Å²) < 4.78 is 23.1. The number of aryl methyl sites for hydroxylation is 1. The van der Waals surface area contributed by atoms with E-state index < -0.39 is 17.8 Å². The van der Waals surface area contributed by atoms with Crippen molar-refractivity contribution in [2.45, 2.75) is 33.7 Å². The van der Waals surface area contributed by atoms with Crippen molar-refractivity contribution in [3.05, 3.63) is 114 Å². The van der Waals surface area contributed by atoms with Crippen LogP contribution in [-0.4, -0.2) is 26.7 Å². The summed E-state index contributed by atoms with van der Waals surface area (Å²) in [5.41, 5.74) is 4.86. The zero-order valence-corrected chi connectivity index (χ0v) is 21.7. The van der Waals surface area contributed by atoms with Crippen molar-refractivity contribution in [2.24, 2.45) is 4.99 Å². The lowest BCUT2D eigenvalue weighted by Gasteiger charge is -2.24. The second-order valence-corrected chi connectivity index (χ2v) is 9.74. The summed E-state index contributed by atoms with van der Waals surface area (Å²) in [6.07, 6.45) is 5.37. The van der Waals surface area contributed by atoms with Gasteiger partial charge in [0.25, 0.3) is 5.56 Å². The van der Waals surface area contributed by atoms with Crippen LogP contribution in [0.3, 0.4) is 0 Å². The van der Waals surface area contributed by atoms with Crippen LogP contribution in [0, 0.1) is 19.7 Å². The number of ether oxygens (including phenoxy) is 1. The van der Waals surface area contributed by atoms with Crippen LogP contribution >= 0.6 is 11.3 Å². The maximum atomic E-state index is 13.8. The molecule has 0 radical (unpaired) electrons. The Kier molecular flexibility index (Phi) is 6.47. The van der Waals surface area contributed by atoms with E-state index in [4.69, 9.17) is 4.74 Å². The number of rotatable bonds is 5. The Morgan fingerprint density at radius 3 is 2.62 bits per heavy atom. The lowest BCUT2D eigenvalue weighted by molar-refractivity contribution is -0.139. The highest BCUT2D eigenvalue weighted by Crippen LogP contribution is 2.31. The summed E-state index contributed by atoms with van der Waals surface area (Å²) in [6.45, 7) is 7.62. The van der Waals surface area contributed by atoms with E-state index in [9.17, 15) is 14.0 Å².